The van der Waals surface area contributed by atoms with Crippen molar-refractivity contribution in [3.05, 3.63) is 58.4 Å². The van der Waals surface area contributed by atoms with Crippen molar-refractivity contribution in [2.45, 2.75) is 20.4 Å². The molecule has 2 aromatic rings. The fourth-order valence-electron chi connectivity index (χ4n) is 1.95. The summed E-state index contributed by atoms with van der Waals surface area (Å²) in [5, 5.41) is 2.33. The van der Waals surface area contributed by atoms with Gasteiger partial charge in [-0.25, -0.2) is 18.0 Å². The highest BCUT2D eigenvalue weighted by Crippen LogP contribution is 2.32. The molecule has 0 unspecified atom stereocenters. The van der Waals surface area contributed by atoms with E-state index in [2.05, 4.69) is 5.32 Å². The average Bonchev–Trinajstić information content (AvgIpc) is 2.54. The van der Waals surface area contributed by atoms with E-state index in [9.17, 15) is 18.0 Å². The molecule has 0 heterocycles. The Morgan fingerprint density at radius 1 is 1.09 bits per heavy atom. The Morgan fingerprint density at radius 3 is 2.13 bits per heavy atom. The van der Waals surface area contributed by atoms with Gasteiger partial charge in [0, 0.05) is 23.4 Å². The maximum atomic E-state index is 14.0. The monoisotopic (exact) mass is 324 g/mol. The minimum atomic E-state index is -1.03. The third kappa shape index (κ3) is 3.56. The quantitative estimate of drug-likeness (QED) is 0.848. The molecule has 4 nitrogen and oxygen atoms in total. The molecule has 0 fully saturated rings. The van der Waals surface area contributed by atoms with Gasteiger partial charge in [0.1, 0.15) is 5.82 Å². The van der Waals surface area contributed by atoms with Crippen LogP contribution < -0.4 is 15.8 Å². The van der Waals surface area contributed by atoms with E-state index in [4.69, 9.17) is 10.5 Å². The molecule has 2 rings (SSSR count). The van der Waals surface area contributed by atoms with Crippen LogP contribution in [0, 0.1) is 31.3 Å². The Balaban J connectivity index is 2.10. The van der Waals surface area contributed by atoms with Gasteiger partial charge in [-0.05, 0) is 31.5 Å². The van der Waals surface area contributed by atoms with Gasteiger partial charge in [0.2, 0.25) is 5.75 Å². The maximum Gasteiger partial charge on any atom is 0.413 e. The summed E-state index contributed by atoms with van der Waals surface area (Å²) in [5.74, 6) is -3.26. The predicted octanol–water partition coefficient (Wildman–Crippen LogP) is 3.59. The van der Waals surface area contributed by atoms with Crippen LogP contribution in [0.15, 0.2) is 24.3 Å². The van der Waals surface area contributed by atoms with E-state index < -0.39 is 29.3 Å². The summed E-state index contributed by atoms with van der Waals surface area (Å²) in [6.07, 6.45) is -1.03. The largest absolute Gasteiger partial charge is 0.413 e. The number of benzene rings is 2. The molecule has 0 aliphatic carbocycles. The zero-order valence-corrected chi connectivity index (χ0v) is 12.5. The molecule has 122 valence electrons. The van der Waals surface area contributed by atoms with Crippen molar-refractivity contribution in [3.63, 3.8) is 0 Å². The number of carbonyl (C=O) groups is 1. The second-order valence-electron chi connectivity index (χ2n) is 4.99. The van der Waals surface area contributed by atoms with E-state index in [1.165, 1.54) is 38.1 Å². The summed E-state index contributed by atoms with van der Waals surface area (Å²) in [7, 11) is 0. The van der Waals surface area contributed by atoms with Crippen LogP contribution >= 0.6 is 0 Å². The van der Waals surface area contributed by atoms with Crippen LogP contribution in [0.4, 0.5) is 23.7 Å². The van der Waals surface area contributed by atoms with E-state index in [-0.39, 0.29) is 23.4 Å². The minimum Gasteiger partial charge on any atom is -0.404 e. The highest BCUT2D eigenvalue weighted by atomic mass is 19.1. The number of hydrogen-bond acceptors (Lipinski definition) is 3. The highest BCUT2D eigenvalue weighted by molar-refractivity contribution is 5.71. The van der Waals surface area contributed by atoms with Crippen molar-refractivity contribution in [1.29, 1.82) is 0 Å². The van der Waals surface area contributed by atoms with E-state index in [1.54, 1.807) is 0 Å². The number of nitrogens with two attached hydrogens (primary N) is 1. The molecule has 0 spiro atoms. The molecule has 2 aromatic carbocycles. The molecular weight excluding hydrogens is 309 g/mol. The van der Waals surface area contributed by atoms with Crippen LogP contribution in [-0.4, -0.2) is 6.09 Å². The number of amides is 1. The summed E-state index contributed by atoms with van der Waals surface area (Å²) in [6.45, 7) is 2.75. The van der Waals surface area contributed by atoms with Crippen molar-refractivity contribution >= 4 is 11.8 Å². The van der Waals surface area contributed by atoms with Crippen LogP contribution in [0.5, 0.6) is 5.75 Å². The topological polar surface area (TPSA) is 64.3 Å². The first-order chi connectivity index (χ1) is 10.8. The van der Waals surface area contributed by atoms with E-state index in [0.29, 0.717) is 5.56 Å². The average molecular weight is 324 g/mol. The molecule has 0 saturated heterocycles. The molecular formula is C16H15F3N2O2. The number of hydrogen-bond donors (Lipinski definition) is 2. The molecule has 1 amide bonds. The number of rotatable bonds is 3. The first-order valence-corrected chi connectivity index (χ1v) is 6.75. The first-order valence-electron chi connectivity index (χ1n) is 6.75. The van der Waals surface area contributed by atoms with Gasteiger partial charge in [0.15, 0.2) is 11.6 Å². The molecule has 7 heteroatoms. The van der Waals surface area contributed by atoms with E-state index >= 15 is 0 Å². The Morgan fingerprint density at radius 2 is 1.61 bits per heavy atom. The highest BCUT2D eigenvalue weighted by Gasteiger charge is 2.22. The molecule has 0 aliphatic heterocycles. The Labute approximate surface area is 131 Å². The summed E-state index contributed by atoms with van der Waals surface area (Å²) < 4.78 is 45.5. The number of ether oxygens (including phenoxy) is 1. The van der Waals surface area contributed by atoms with Gasteiger partial charge < -0.3 is 15.8 Å². The lowest BCUT2D eigenvalue weighted by Gasteiger charge is -2.13. The van der Waals surface area contributed by atoms with Crippen molar-refractivity contribution < 1.29 is 22.7 Å². The molecule has 3 N–H and O–H groups in total. The van der Waals surface area contributed by atoms with Gasteiger partial charge in [-0.15, -0.1) is 0 Å². The van der Waals surface area contributed by atoms with Crippen molar-refractivity contribution in [2.75, 3.05) is 5.73 Å². The lowest BCUT2D eigenvalue weighted by molar-refractivity contribution is 0.195. The second-order valence-corrected chi connectivity index (χ2v) is 4.99. The van der Waals surface area contributed by atoms with Gasteiger partial charge in [0.25, 0.3) is 0 Å². The molecule has 23 heavy (non-hydrogen) atoms. The van der Waals surface area contributed by atoms with Gasteiger partial charge in [-0.1, -0.05) is 12.1 Å². The summed E-state index contributed by atoms with van der Waals surface area (Å²) >= 11 is 0. The molecule has 0 aliphatic rings. The van der Waals surface area contributed by atoms with E-state index in [0.717, 1.165) is 0 Å². The van der Waals surface area contributed by atoms with E-state index in [1.807, 2.05) is 0 Å². The number of carbonyl (C=O) groups excluding carboxylic acids is 1. The van der Waals surface area contributed by atoms with Gasteiger partial charge in [0.05, 0.1) is 0 Å². The van der Waals surface area contributed by atoms with Crippen LogP contribution in [0.25, 0.3) is 0 Å². The van der Waals surface area contributed by atoms with Gasteiger partial charge in [-0.3, -0.25) is 0 Å². The van der Waals surface area contributed by atoms with Gasteiger partial charge in [-0.2, -0.15) is 0 Å². The van der Waals surface area contributed by atoms with Crippen molar-refractivity contribution in [3.8, 4) is 5.75 Å². The number of nitrogen functional groups attached to an aromatic ring is 1. The smallest absolute Gasteiger partial charge is 0.404 e. The number of halogens is 3. The number of nitrogens with one attached hydrogen (secondary N) is 1. The van der Waals surface area contributed by atoms with Gasteiger partial charge >= 0.3 is 6.09 Å². The van der Waals surface area contributed by atoms with Crippen molar-refractivity contribution in [2.24, 2.45) is 0 Å². The summed E-state index contributed by atoms with van der Waals surface area (Å²) in [6, 6.07) is 5.39. The van der Waals surface area contributed by atoms with Crippen LogP contribution in [-0.2, 0) is 6.54 Å². The number of anilines is 1. The normalized spacial score (nSPS) is 10.5. The molecule has 0 bridgehead atoms. The Kier molecular flexibility index (Phi) is 4.78. The lowest BCUT2D eigenvalue weighted by Crippen LogP contribution is -2.27. The zero-order valence-electron chi connectivity index (χ0n) is 12.5. The summed E-state index contributed by atoms with van der Waals surface area (Å²) in [4.78, 5) is 11.7. The van der Waals surface area contributed by atoms with Crippen LogP contribution in [0.3, 0.4) is 0 Å². The minimum absolute atomic E-state index is 0.00485. The predicted molar refractivity (Wildman–Crippen MR) is 79.5 cm³/mol. The lowest BCUT2D eigenvalue weighted by atomic mass is 10.1. The van der Waals surface area contributed by atoms with Crippen LogP contribution in [0.2, 0.25) is 0 Å². The first kappa shape index (κ1) is 16.7. The Hall–Kier alpha value is -2.70. The fourth-order valence-corrected chi connectivity index (χ4v) is 1.95. The SMILES string of the molecule is Cc1c(N)c(C)c(F)c(OC(=O)NCc2ccc(F)cc2)c1F. The standard InChI is InChI=1S/C16H15F3N2O2/c1-8-12(18)15(13(19)9(2)14(8)20)23-16(22)21-7-10-3-5-11(17)6-4-10/h3-6H,7,20H2,1-2H3,(H,21,22). The van der Waals surface area contributed by atoms with Crippen molar-refractivity contribution in [1.82, 2.24) is 5.32 Å². The van der Waals surface area contributed by atoms with Crippen LogP contribution in [0.1, 0.15) is 16.7 Å². The molecule has 0 saturated carbocycles. The second kappa shape index (κ2) is 6.60. The fraction of sp³-hybridized carbons (Fsp3) is 0.188. The molecule has 0 radical (unpaired) electrons. The summed E-state index contributed by atoms with van der Waals surface area (Å²) in [5.41, 5.74) is 6.15. The molecule has 0 aromatic heterocycles. The zero-order chi connectivity index (χ0) is 17.1. The molecule has 0 atom stereocenters. The maximum absolute atomic E-state index is 14.0. The third-order valence-electron chi connectivity index (χ3n) is 3.41. The third-order valence-corrected chi connectivity index (χ3v) is 3.41. The Bertz CT molecular complexity index is 717.